The molecule has 0 aromatic heterocycles. The average molecular weight is 513 g/mol. The number of hydrogen-bond donors (Lipinski definition) is 0. The second-order valence-corrected chi connectivity index (χ2v) is 9.45. The summed E-state index contributed by atoms with van der Waals surface area (Å²) in [5.74, 6) is -0.371. The summed E-state index contributed by atoms with van der Waals surface area (Å²) in [6.45, 7) is 0. The third-order valence-electron chi connectivity index (χ3n) is 5.42. The maximum absolute atomic E-state index is 13.7. The number of halogens is 5. The van der Waals surface area contributed by atoms with Crippen LogP contribution >= 0.6 is 11.6 Å². The molecule has 1 aliphatic rings. The smallest absolute Gasteiger partial charge is 0.497 e. The molecule has 1 aliphatic carbocycles. The maximum Gasteiger partial charge on any atom is 0.534 e. The van der Waals surface area contributed by atoms with E-state index >= 15 is 0 Å². The zero-order chi connectivity index (χ0) is 24.7. The number of allylic oxidation sites excluding steroid dienone is 1. The van der Waals surface area contributed by atoms with Gasteiger partial charge in [0.05, 0.1) is 12.1 Å². The molecule has 0 amide bonds. The minimum absolute atomic E-state index is 0.218. The lowest BCUT2D eigenvalue weighted by molar-refractivity contribution is -0.0500. The lowest BCUT2D eigenvalue weighted by atomic mass is 9.79. The molecule has 34 heavy (non-hydrogen) atoms. The number of methoxy groups -OCH3 is 1. The number of aryl methyl sites for hydroxylation is 1. The maximum atomic E-state index is 13.7. The molecule has 0 heterocycles. The molecule has 10 heteroatoms. The molecule has 0 atom stereocenters. The second-order valence-electron chi connectivity index (χ2n) is 7.51. The van der Waals surface area contributed by atoms with Crippen LogP contribution in [0.5, 0.6) is 11.5 Å². The van der Waals surface area contributed by atoms with Gasteiger partial charge >= 0.3 is 15.6 Å². The van der Waals surface area contributed by atoms with Gasteiger partial charge in [-0.05, 0) is 82.6 Å². The summed E-state index contributed by atoms with van der Waals surface area (Å²) >= 11 is 6.35. The van der Waals surface area contributed by atoms with Crippen LogP contribution in [-0.2, 0) is 16.5 Å². The molecule has 0 saturated heterocycles. The molecule has 3 aromatic rings. The van der Waals surface area contributed by atoms with E-state index in [4.69, 9.17) is 16.3 Å². The van der Waals surface area contributed by atoms with Crippen molar-refractivity contribution in [3.63, 3.8) is 0 Å². The number of fused-ring (bicyclic) bond motifs is 1. The summed E-state index contributed by atoms with van der Waals surface area (Å²) in [6.07, 6.45) is 1.25. The van der Waals surface area contributed by atoms with Gasteiger partial charge in [-0.15, -0.1) is 0 Å². The minimum atomic E-state index is -5.79. The van der Waals surface area contributed by atoms with Gasteiger partial charge < -0.3 is 8.92 Å². The first-order valence-corrected chi connectivity index (χ1v) is 11.8. The Morgan fingerprint density at radius 2 is 1.56 bits per heavy atom. The van der Waals surface area contributed by atoms with Crippen LogP contribution in [0.4, 0.5) is 17.6 Å². The van der Waals surface area contributed by atoms with Gasteiger partial charge in [0.15, 0.2) is 0 Å². The topological polar surface area (TPSA) is 52.6 Å². The first-order valence-electron chi connectivity index (χ1n) is 9.97. The molecule has 0 saturated carbocycles. The van der Waals surface area contributed by atoms with Crippen molar-refractivity contribution in [2.75, 3.05) is 7.11 Å². The molecule has 0 unspecified atom stereocenters. The van der Waals surface area contributed by atoms with Crippen molar-refractivity contribution in [3.8, 4) is 11.5 Å². The van der Waals surface area contributed by atoms with Crippen LogP contribution < -0.4 is 8.92 Å². The van der Waals surface area contributed by atoms with Crippen LogP contribution in [0.3, 0.4) is 0 Å². The summed E-state index contributed by atoms with van der Waals surface area (Å²) in [5.41, 5.74) is -0.982. The van der Waals surface area contributed by atoms with E-state index in [2.05, 4.69) is 4.18 Å². The molecule has 0 radical (unpaired) electrons. The number of hydrogen-bond acceptors (Lipinski definition) is 4. The molecule has 4 nitrogen and oxygen atoms in total. The molecular formula is C24H17ClF4O4S. The van der Waals surface area contributed by atoms with Crippen LogP contribution in [0.1, 0.15) is 28.7 Å². The van der Waals surface area contributed by atoms with Gasteiger partial charge in [0.1, 0.15) is 17.3 Å². The first-order chi connectivity index (χ1) is 16.0. The Kier molecular flexibility index (Phi) is 6.35. The predicted molar refractivity (Wildman–Crippen MR) is 121 cm³/mol. The summed E-state index contributed by atoms with van der Waals surface area (Å²) in [5, 5.41) is 0.218. The molecule has 3 aromatic carbocycles. The highest BCUT2D eigenvalue weighted by molar-refractivity contribution is 7.88. The van der Waals surface area contributed by atoms with Crippen molar-refractivity contribution in [1.82, 2.24) is 0 Å². The van der Waals surface area contributed by atoms with E-state index in [-0.39, 0.29) is 5.02 Å². The number of alkyl halides is 3. The monoisotopic (exact) mass is 512 g/mol. The van der Waals surface area contributed by atoms with E-state index < -0.39 is 27.2 Å². The van der Waals surface area contributed by atoms with Crippen molar-refractivity contribution >= 4 is 32.9 Å². The lowest BCUT2D eigenvalue weighted by Crippen LogP contribution is -2.28. The zero-order valence-corrected chi connectivity index (χ0v) is 19.2. The Labute approximate surface area is 198 Å². The van der Waals surface area contributed by atoms with Crippen LogP contribution in [0, 0.1) is 5.82 Å². The molecule has 0 bridgehead atoms. The van der Waals surface area contributed by atoms with E-state index in [9.17, 15) is 26.0 Å². The molecular weight excluding hydrogens is 496 g/mol. The minimum Gasteiger partial charge on any atom is -0.497 e. The van der Waals surface area contributed by atoms with Gasteiger partial charge in [0, 0.05) is 0 Å². The number of rotatable bonds is 5. The van der Waals surface area contributed by atoms with Crippen LogP contribution in [0.2, 0.25) is 5.02 Å². The molecule has 0 spiro atoms. The van der Waals surface area contributed by atoms with Crippen molar-refractivity contribution in [2.45, 2.75) is 18.3 Å². The summed E-state index contributed by atoms with van der Waals surface area (Å²) in [7, 11) is -4.26. The van der Waals surface area contributed by atoms with E-state index in [1.807, 2.05) is 18.2 Å². The molecule has 178 valence electrons. The predicted octanol–water partition coefficient (Wildman–Crippen LogP) is 6.62. The highest BCUT2D eigenvalue weighted by Crippen LogP contribution is 2.44. The van der Waals surface area contributed by atoms with Gasteiger partial charge in [-0.25, -0.2) is 4.39 Å². The quantitative estimate of drug-likeness (QED) is 0.219. The third kappa shape index (κ3) is 4.63. The highest BCUT2D eigenvalue weighted by Gasteiger charge is 2.48. The average Bonchev–Trinajstić information content (AvgIpc) is 2.78. The molecule has 0 N–H and O–H groups in total. The fraction of sp³-hybridized carbons (Fsp3) is 0.167. The van der Waals surface area contributed by atoms with Gasteiger partial charge in [-0.1, -0.05) is 35.9 Å². The number of benzene rings is 3. The Hall–Kier alpha value is -3.04. The Morgan fingerprint density at radius 3 is 2.18 bits per heavy atom. The van der Waals surface area contributed by atoms with Crippen molar-refractivity contribution < 1.29 is 34.9 Å². The third-order valence-corrected chi connectivity index (χ3v) is 6.71. The summed E-state index contributed by atoms with van der Waals surface area (Å²) in [6, 6.07) is 14.9. The van der Waals surface area contributed by atoms with Gasteiger partial charge in [0.25, 0.3) is 0 Å². The Morgan fingerprint density at radius 1 is 0.882 bits per heavy atom. The SMILES string of the molecule is COc1ccc2c(c1)C(c1ccc(OS(=O)(=O)C(F)(F)F)cc1)=C(c1ccc(F)cc1Cl)CC2. The standard InChI is InChI=1S/C24H17ClF4O4S/c1-32-18-9-2-14-5-10-20(19-11-6-16(26)12-22(19)25)23(21(14)13-18)15-3-7-17(8-4-15)33-34(30,31)24(27,28)29/h2-4,6-9,11-13H,5,10H2,1H3. The summed E-state index contributed by atoms with van der Waals surface area (Å²) < 4.78 is 83.9. The van der Waals surface area contributed by atoms with Crippen LogP contribution in [0.15, 0.2) is 60.7 Å². The van der Waals surface area contributed by atoms with Crippen LogP contribution in [-0.4, -0.2) is 21.0 Å². The number of ether oxygens (including phenoxy) is 1. The largest absolute Gasteiger partial charge is 0.534 e. The van der Waals surface area contributed by atoms with Crippen molar-refractivity contribution in [1.29, 1.82) is 0 Å². The molecule has 4 rings (SSSR count). The Balaban J connectivity index is 1.86. The highest BCUT2D eigenvalue weighted by atomic mass is 35.5. The van der Waals surface area contributed by atoms with E-state index in [1.54, 1.807) is 6.07 Å². The summed E-state index contributed by atoms with van der Waals surface area (Å²) in [4.78, 5) is 0. The van der Waals surface area contributed by atoms with Crippen molar-refractivity contribution in [3.05, 3.63) is 93.8 Å². The zero-order valence-electron chi connectivity index (χ0n) is 17.6. The van der Waals surface area contributed by atoms with Gasteiger partial charge in [-0.3, -0.25) is 0 Å². The van der Waals surface area contributed by atoms with E-state index in [0.717, 1.165) is 34.4 Å². The fourth-order valence-electron chi connectivity index (χ4n) is 3.86. The van der Waals surface area contributed by atoms with E-state index in [1.165, 1.54) is 31.4 Å². The first kappa shape index (κ1) is 24.1. The van der Waals surface area contributed by atoms with Crippen molar-refractivity contribution in [2.24, 2.45) is 0 Å². The normalized spacial score (nSPS) is 14.1. The molecule has 0 fully saturated rings. The lowest BCUT2D eigenvalue weighted by Gasteiger charge is -2.25. The molecule has 0 aliphatic heterocycles. The van der Waals surface area contributed by atoms with Gasteiger partial charge in [0.2, 0.25) is 0 Å². The fourth-order valence-corrected chi connectivity index (χ4v) is 4.61. The van der Waals surface area contributed by atoms with E-state index in [0.29, 0.717) is 29.7 Å². The second kappa shape index (κ2) is 8.96. The Bertz CT molecular complexity index is 1380. The van der Waals surface area contributed by atoms with Gasteiger partial charge in [-0.2, -0.15) is 21.6 Å². The van der Waals surface area contributed by atoms with Crippen LogP contribution in [0.25, 0.3) is 11.1 Å².